The SMILES string of the molecule is C[C@H]1CCCCN1C(=O)CN1CCN(c2ccccc2O)CC1. The number of hydrogen-bond acceptors (Lipinski definition) is 4. The van der Waals surface area contributed by atoms with Gasteiger partial charge in [-0.15, -0.1) is 0 Å². The lowest BCUT2D eigenvalue weighted by atomic mass is 10.0. The fraction of sp³-hybridized carbons (Fsp3) is 0.611. The van der Waals surface area contributed by atoms with E-state index in [2.05, 4.69) is 21.6 Å². The summed E-state index contributed by atoms with van der Waals surface area (Å²) in [4.78, 5) is 19.0. The van der Waals surface area contributed by atoms with E-state index >= 15 is 0 Å². The molecular formula is C18H27N3O2. The van der Waals surface area contributed by atoms with Crippen LogP contribution in [0.5, 0.6) is 5.75 Å². The number of phenols is 1. The van der Waals surface area contributed by atoms with Gasteiger partial charge in [0.15, 0.2) is 0 Å². The van der Waals surface area contributed by atoms with Crippen LogP contribution in [0.4, 0.5) is 5.69 Å². The fourth-order valence-electron chi connectivity index (χ4n) is 3.63. The molecule has 0 saturated carbocycles. The van der Waals surface area contributed by atoms with Crippen LogP contribution >= 0.6 is 0 Å². The van der Waals surface area contributed by atoms with Crippen LogP contribution in [0.1, 0.15) is 26.2 Å². The number of benzene rings is 1. The highest BCUT2D eigenvalue weighted by Gasteiger charge is 2.26. The van der Waals surface area contributed by atoms with E-state index in [1.165, 1.54) is 6.42 Å². The molecular weight excluding hydrogens is 290 g/mol. The minimum Gasteiger partial charge on any atom is -0.506 e. The summed E-state index contributed by atoms with van der Waals surface area (Å²) in [5.41, 5.74) is 0.892. The van der Waals surface area contributed by atoms with Gasteiger partial charge in [-0.25, -0.2) is 0 Å². The molecule has 23 heavy (non-hydrogen) atoms. The maximum Gasteiger partial charge on any atom is 0.236 e. The second kappa shape index (κ2) is 7.21. The molecule has 2 saturated heterocycles. The highest BCUT2D eigenvalue weighted by molar-refractivity contribution is 5.78. The van der Waals surface area contributed by atoms with Crippen molar-refractivity contribution in [3.8, 4) is 5.75 Å². The third-order valence-electron chi connectivity index (χ3n) is 5.08. The summed E-state index contributed by atoms with van der Waals surface area (Å²) >= 11 is 0. The molecule has 2 aliphatic rings. The second-order valence-corrected chi connectivity index (χ2v) is 6.68. The molecule has 126 valence electrons. The molecule has 5 nitrogen and oxygen atoms in total. The zero-order chi connectivity index (χ0) is 16.2. The summed E-state index contributed by atoms with van der Waals surface area (Å²) in [7, 11) is 0. The number of likely N-dealkylation sites (tertiary alicyclic amines) is 1. The third kappa shape index (κ3) is 3.78. The lowest BCUT2D eigenvalue weighted by Crippen LogP contribution is -2.52. The Labute approximate surface area is 138 Å². The number of aromatic hydroxyl groups is 1. The van der Waals surface area contributed by atoms with E-state index in [0.717, 1.165) is 51.3 Å². The molecule has 0 unspecified atom stereocenters. The van der Waals surface area contributed by atoms with Crippen molar-refractivity contribution in [3.05, 3.63) is 24.3 Å². The molecule has 0 aliphatic carbocycles. The molecule has 1 N–H and O–H groups in total. The van der Waals surface area contributed by atoms with Crippen molar-refractivity contribution < 1.29 is 9.90 Å². The fourth-order valence-corrected chi connectivity index (χ4v) is 3.63. The van der Waals surface area contributed by atoms with Gasteiger partial charge in [0.25, 0.3) is 0 Å². The van der Waals surface area contributed by atoms with Gasteiger partial charge in [0.2, 0.25) is 5.91 Å². The standard InChI is InChI=1S/C18H27N3O2/c1-15-6-4-5-9-21(15)18(23)14-19-10-12-20(13-11-19)16-7-2-3-8-17(16)22/h2-3,7-8,15,22H,4-6,9-14H2,1H3/t15-/m0/s1. The first-order chi connectivity index (χ1) is 11.1. The van der Waals surface area contributed by atoms with Gasteiger partial charge in [-0.2, -0.15) is 0 Å². The first-order valence-electron chi connectivity index (χ1n) is 8.70. The van der Waals surface area contributed by atoms with Crippen LogP contribution in [-0.4, -0.2) is 66.1 Å². The first kappa shape index (κ1) is 16.1. The van der Waals surface area contributed by atoms with Crippen LogP contribution in [0.3, 0.4) is 0 Å². The summed E-state index contributed by atoms with van der Waals surface area (Å²) in [6, 6.07) is 7.85. The second-order valence-electron chi connectivity index (χ2n) is 6.68. The van der Waals surface area contributed by atoms with E-state index < -0.39 is 0 Å². The minimum atomic E-state index is 0.271. The van der Waals surface area contributed by atoms with Crippen LogP contribution in [-0.2, 0) is 4.79 Å². The van der Waals surface area contributed by atoms with Gasteiger partial charge in [-0.3, -0.25) is 9.69 Å². The number of piperidine rings is 1. The predicted molar refractivity (Wildman–Crippen MR) is 91.8 cm³/mol. The molecule has 3 rings (SSSR count). The van der Waals surface area contributed by atoms with Crippen LogP contribution in [0.2, 0.25) is 0 Å². The number of carbonyl (C=O) groups excluding carboxylic acids is 1. The Hall–Kier alpha value is -1.75. The smallest absolute Gasteiger partial charge is 0.236 e. The predicted octanol–water partition coefficient (Wildman–Crippen LogP) is 1.92. The van der Waals surface area contributed by atoms with E-state index in [1.54, 1.807) is 6.07 Å². The van der Waals surface area contributed by atoms with Crippen molar-refractivity contribution in [1.82, 2.24) is 9.80 Å². The topological polar surface area (TPSA) is 47.0 Å². The summed E-state index contributed by atoms with van der Waals surface area (Å²) in [5.74, 6) is 0.604. The Balaban J connectivity index is 1.51. The molecule has 0 radical (unpaired) electrons. The van der Waals surface area contributed by atoms with Gasteiger partial charge in [-0.05, 0) is 38.3 Å². The van der Waals surface area contributed by atoms with Gasteiger partial charge in [0.05, 0.1) is 12.2 Å². The average Bonchev–Trinajstić information content (AvgIpc) is 2.56. The van der Waals surface area contributed by atoms with Crippen molar-refractivity contribution in [1.29, 1.82) is 0 Å². The number of piperazine rings is 1. The van der Waals surface area contributed by atoms with Crippen molar-refractivity contribution in [2.75, 3.05) is 44.2 Å². The molecule has 5 heteroatoms. The molecule has 1 aromatic carbocycles. The highest BCUT2D eigenvalue weighted by Crippen LogP contribution is 2.27. The number of nitrogens with zero attached hydrogens (tertiary/aromatic N) is 3. The maximum absolute atomic E-state index is 12.5. The van der Waals surface area contributed by atoms with Crippen LogP contribution in [0.15, 0.2) is 24.3 Å². The number of hydrogen-bond donors (Lipinski definition) is 1. The van der Waals surface area contributed by atoms with Gasteiger partial charge < -0.3 is 14.9 Å². The molecule has 1 aromatic rings. The summed E-state index contributed by atoms with van der Waals surface area (Å²) in [6.07, 6.45) is 3.51. The monoisotopic (exact) mass is 317 g/mol. The zero-order valence-corrected chi connectivity index (χ0v) is 13.9. The number of anilines is 1. The summed E-state index contributed by atoms with van der Waals surface area (Å²) < 4.78 is 0. The van der Waals surface area contributed by atoms with Crippen molar-refractivity contribution in [2.24, 2.45) is 0 Å². The number of carbonyl (C=O) groups is 1. The van der Waals surface area contributed by atoms with Crippen LogP contribution < -0.4 is 4.90 Å². The van der Waals surface area contributed by atoms with Gasteiger partial charge in [-0.1, -0.05) is 12.1 Å². The summed E-state index contributed by atoms with van der Waals surface area (Å²) in [5, 5.41) is 9.96. The maximum atomic E-state index is 12.5. The van der Waals surface area contributed by atoms with Gasteiger partial charge in [0.1, 0.15) is 5.75 Å². The first-order valence-corrected chi connectivity index (χ1v) is 8.70. The summed E-state index contributed by atoms with van der Waals surface area (Å²) in [6.45, 7) is 7.02. The molecule has 0 spiro atoms. The van der Waals surface area contributed by atoms with E-state index in [1.807, 2.05) is 18.2 Å². The Kier molecular flexibility index (Phi) is 5.06. The molecule has 0 aromatic heterocycles. The Bertz CT molecular complexity index is 541. The minimum absolute atomic E-state index is 0.271. The molecule has 2 fully saturated rings. The molecule has 2 heterocycles. The van der Waals surface area contributed by atoms with E-state index in [9.17, 15) is 9.90 Å². The van der Waals surface area contributed by atoms with Gasteiger partial charge in [0, 0.05) is 38.8 Å². The van der Waals surface area contributed by atoms with Crippen LogP contribution in [0.25, 0.3) is 0 Å². The molecule has 0 bridgehead atoms. The Morgan fingerprint density at radius 3 is 2.57 bits per heavy atom. The quantitative estimate of drug-likeness (QED) is 0.925. The van der Waals surface area contributed by atoms with E-state index in [0.29, 0.717) is 18.3 Å². The van der Waals surface area contributed by atoms with Crippen LogP contribution in [0, 0.1) is 0 Å². The molecule has 1 amide bonds. The Morgan fingerprint density at radius 2 is 1.87 bits per heavy atom. The normalized spacial score (nSPS) is 23.1. The zero-order valence-electron chi connectivity index (χ0n) is 13.9. The largest absolute Gasteiger partial charge is 0.506 e. The lowest BCUT2D eigenvalue weighted by molar-refractivity contribution is -0.135. The van der Waals surface area contributed by atoms with Crippen molar-refractivity contribution in [2.45, 2.75) is 32.2 Å². The van der Waals surface area contributed by atoms with E-state index in [4.69, 9.17) is 0 Å². The number of phenolic OH excluding ortho intramolecular Hbond substituents is 1. The molecule has 2 aliphatic heterocycles. The van der Waals surface area contributed by atoms with Crippen molar-refractivity contribution in [3.63, 3.8) is 0 Å². The average molecular weight is 317 g/mol. The van der Waals surface area contributed by atoms with Crippen molar-refractivity contribution >= 4 is 11.6 Å². The third-order valence-corrected chi connectivity index (χ3v) is 5.08. The lowest BCUT2D eigenvalue weighted by Gasteiger charge is -2.38. The number of amides is 1. The highest BCUT2D eigenvalue weighted by atomic mass is 16.3. The molecule has 1 atom stereocenters. The van der Waals surface area contributed by atoms with E-state index in [-0.39, 0.29) is 5.91 Å². The number of para-hydroxylation sites is 2. The number of rotatable bonds is 3. The van der Waals surface area contributed by atoms with Gasteiger partial charge >= 0.3 is 0 Å². The Morgan fingerprint density at radius 1 is 1.13 bits per heavy atom.